The summed E-state index contributed by atoms with van der Waals surface area (Å²) in [5.74, 6) is -1.10. The van der Waals surface area contributed by atoms with Crippen molar-refractivity contribution >= 4 is 40.6 Å². The maximum Gasteiger partial charge on any atom is 0.328 e. The Balaban J connectivity index is 1.80. The third-order valence-corrected chi connectivity index (χ3v) is 5.51. The minimum absolute atomic E-state index is 0.300. The van der Waals surface area contributed by atoms with Gasteiger partial charge in [-0.05, 0) is 54.9 Å². The summed E-state index contributed by atoms with van der Waals surface area (Å²) in [7, 11) is 1.23. The van der Waals surface area contributed by atoms with Crippen LogP contribution in [0.15, 0.2) is 23.1 Å². The minimum Gasteiger partial charge on any atom is -0.467 e. The van der Waals surface area contributed by atoms with Gasteiger partial charge in [0.25, 0.3) is 11.1 Å². The summed E-state index contributed by atoms with van der Waals surface area (Å²) in [6, 6.07) is 4.99. The first-order valence-electron chi connectivity index (χ1n) is 8.70. The molecule has 8 heteroatoms. The molecule has 2 fully saturated rings. The van der Waals surface area contributed by atoms with Gasteiger partial charge in [-0.2, -0.15) is 0 Å². The molecule has 1 atom stereocenters. The van der Waals surface area contributed by atoms with Crippen molar-refractivity contribution in [1.29, 1.82) is 0 Å². The van der Waals surface area contributed by atoms with E-state index in [-0.39, 0.29) is 0 Å². The standard InChI is InChI=1S/C19H22N2O5S/c1-12-10-14(4-5-15(12)20-6-8-26-9-7-20)11-16-17(22)21(19(24)27-16)13(2)18(23)25-3/h4-5,10-11,13H,6-9H2,1-3H3/b16-11+/t13-/m1/s1. The first kappa shape index (κ1) is 19.4. The summed E-state index contributed by atoms with van der Waals surface area (Å²) in [6.45, 7) is 6.63. The second kappa shape index (κ2) is 8.14. The van der Waals surface area contributed by atoms with Crippen LogP contribution in [-0.2, 0) is 19.1 Å². The molecule has 2 aliphatic heterocycles. The molecule has 2 heterocycles. The van der Waals surface area contributed by atoms with Gasteiger partial charge in [0.15, 0.2) is 0 Å². The third-order valence-electron chi connectivity index (χ3n) is 4.62. The van der Waals surface area contributed by atoms with Crippen molar-refractivity contribution in [2.75, 3.05) is 38.3 Å². The molecular weight excluding hydrogens is 368 g/mol. The number of rotatable bonds is 4. The predicted molar refractivity (Wildman–Crippen MR) is 103 cm³/mol. The molecule has 0 saturated carbocycles. The number of morpholine rings is 1. The molecule has 0 spiro atoms. The monoisotopic (exact) mass is 390 g/mol. The Morgan fingerprint density at radius 1 is 1.30 bits per heavy atom. The van der Waals surface area contributed by atoms with Crippen LogP contribution in [0, 0.1) is 6.92 Å². The number of amides is 2. The number of aryl methyl sites for hydroxylation is 1. The summed E-state index contributed by atoms with van der Waals surface area (Å²) in [6.07, 6.45) is 1.69. The number of methoxy groups -OCH3 is 1. The number of hydrogen-bond acceptors (Lipinski definition) is 7. The second-order valence-electron chi connectivity index (χ2n) is 6.40. The molecular formula is C19H22N2O5S. The summed E-state index contributed by atoms with van der Waals surface area (Å²) in [5.41, 5.74) is 3.07. The van der Waals surface area contributed by atoms with Gasteiger partial charge >= 0.3 is 5.97 Å². The number of carbonyl (C=O) groups is 3. The van der Waals surface area contributed by atoms with Crippen molar-refractivity contribution in [3.63, 3.8) is 0 Å². The number of esters is 1. The highest BCUT2D eigenvalue weighted by atomic mass is 32.2. The fraction of sp³-hybridized carbons (Fsp3) is 0.421. The molecule has 1 aromatic rings. The van der Waals surface area contributed by atoms with E-state index in [1.54, 1.807) is 6.08 Å². The molecule has 3 rings (SSSR count). The highest BCUT2D eigenvalue weighted by Crippen LogP contribution is 2.34. The van der Waals surface area contributed by atoms with Gasteiger partial charge in [-0.15, -0.1) is 0 Å². The summed E-state index contributed by atoms with van der Waals surface area (Å²) >= 11 is 0.835. The number of imide groups is 1. The van der Waals surface area contributed by atoms with Crippen LogP contribution in [0.1, 0.15) is 18.1 Å². The number of benzene rings is 1. The van der Waals surface area contributed by atoms with Gasteiger partial charge in [-0.1, -0.05) is 6.07 Å². The lowest BCUT2D eigenvalue weighted by atomic mass is 10.1. The first-order valence-corrected chi connectivity index (χ1v) is 9.52. The number of anilines is 1. The van der Waals surface area contributed by atoms with Crippen molar-refractivity contribution in [3.05, 3.63) is 34.2 Å². The van der Waals surface area contributed by atoms with Crippen LogP contribution in [0.4, 0.5) is 10.5 Å². The molecule has 0 radical (unpaired) electrons. The van der Waals surface area contributed by atoms with E-state index in [9.17, 15) is 14.4 Å². The van der Waals surface area contributed by atoms with Crippen LogP contribution >= 0.6 is 11.8 Å². The molecule has 2 aliphatic rings. The van der Waals surface area contributed by atoms with E-state index in [1.165, 1.54) is 14.0 Å². The van der Waals surface area contributed by atoms with Crippen molar-refractivity contribution in [2.45, 2.75) is 19.9 Å². The lowest BCUT2D eigenvalue weighted by Crippen LogP contribution is -2.42. The molecule has 0 unspecified atom stereocenters. The van der Waals surface area contributed by atoms with Crippen molar-refractivity contribution in [1.82, 2.24) is 4.90 Å². The molecule has 144 valence electrons. The Morgan fingerprint density at radius 3 is 2.63 bits per heavy atom. The Hall–Kier alpha value is -2.32. The van der Waals surface area contributed by atoms with Gasteiger partial charge in [0.2, 0.25) is 0 Å². The lowest BCUT2D eigenvalue weighted by molar-refractivity contribution is -0.148. The lowest BCUT2D eigenvalue weighted by Gasteiger charge is -2.30. The Kier molecular flexibility index (Phi) is 5.86. The summed E-state index contributed by atoms with van der Waals surface area (Å²) in [4.78, 5) is 39.9. The third kappa shape index (κ3) is 4.01. The fourth-order valence-electron chi connectivity index (χ4n) is 3.17. The van der Waals surface area contributed by atoms with Gasteiger partial charge in [0.1, 0.15) is 6.04 Å². The van der Waals surface area contributed by atoms with Crippen LogP contribution in [0.5, 0.6) is 0 Å². The van der Waals surface area contributed by atoms with Crippen LogP contribution in [0.3, 0.4) is 0 Å². The quantitative estimate of drug-likeness (QED) is 0.577. The maximum atomic E-state index is 12.6. The van der Waals surface area contributed by atoms with E-state index in [1.807, 2.05) is 25.1 Å². The number of hydrogen-bond donors (Lipinski definition) is 0. The average molecular weight is 390 g/mol. The van der Waals surface area contributed by atoms with Gasteiger partial charge < -0.3 is 14.4 Å². The Bertz CT molecular complexity index is 801. The van der Waals surface area contributed by atoms with Gasteiger partial charge in [-0.25, -0.2) is 4.79 Å². The van der Waals surface area contributed by atoms with E-state index in [4.69, 9.17) is 4.74 Å². The Morgan fingerprint density at radius 2 is 2.00 bits per heavy atom. The molecule has 2 amide bonds. The first-order chi connectivity index (χ1) is 12.9. The fourth-order valence-corrected chi connectivity index (χ4v) is 4.08. The van der Waals surface area contributed by atoms with Crippen LogP contribution in [0.25, 0.3) is 6.08 Å². The summed E-state index contributed by atoms with van der Waals surface area (Å²) in [5, 5.41) is -0.467. The normalized spacial score (nSPS) is 20.3. The van der Waals surface area contributed by atoms with E-state index in [2.05, 4.69) is 9.64 Å². The number of carbonyl (C=O) groups excluding carboxylic acids is 3. The second-order valence-corrected chi connectivity index (χ2v) is 7.39. The molecule has 1 aromatic carbocycles. The van der Waals surface area contributed by atoms with Crippen LogP contribution in [0.2, 0.25) is 0 Å². The van der Waals surface area contributed by atoms with Crippen LogP contribution < -0.4 is 4.90 Å². The number of thioether (sulfide) groups is 1. The smallest absolute Gasteiger partial charge is 0.328 e. The molecule has 7 nitrogen and oxygen atoms in total. The SMILES string of the molecule is COC(=O)[C@@H](C)N1C(=O)S/C(=C/c2ccc(N3CCOCC3)c(C)c2)C1=O. The molecule has 0 N–H and O–H groups in total. The number of nitrogens with zero attached hydrogens (tertiary/aromatic N) is 2. The van der Waals surface area contributed by atoms with Crippen molar-refractivity contribution < 1.29 is 23.9 Å². The Labute approximate surface area is 162 Å². The average Bonchev–Trinajstić information content (AvgIpc) is 2.94. The number of ether oxygens (including phenoxy) is 2. The van der Waals surface area contributed by atoms with Crippen LogP contribution in [-0.4, -0.2) is 61.5 Å². The molecule has 27 heavy (non-hydrogen) atoms. The van der Waals surface area contributed by atoms with E-state index in [0.29, 0.717) is 18.1 Å². The largest absolute Gasteiger partial charge is 0.467 e. The zero-order chi connectivity index (χ0) is 19.6. The van der Waals surface area contributed by atoms with E-state index >= 15 is 0 Å². The predicted octanol–water partition coefficient (Wildman–Crippen LogP) is 2.43. The van der Waals surface area contributed by atoms with Crippen molar-refractivity contribution in [2.24, 2.45) is 0 Å². The van der Waals surface area contributed by atoms with Gasteiger partial charge in [0.05, 0.1) is 25.2 Å². The highest BCUT2D eigenvalue weighted by molar-refractivity contribution is 8.18. The van der Waals surface area contributed by atoms with Gasteiger partial charge in [0, 0.05) is 18.8 Å². The zero-order valence-electron chi connectivity index (χ0n) is 15.6. The maximum absolute atomic E-state index is 12.6. The van der Waals surface area contributed by atoms with Crippen molar-refractivity contribution in [3.8, 4) is 0 Å². The minimum atomic E-state index is -0.946. The topological polar surface area (TPSA) is 76.2 Å². The molecule has 0 aliphatic carbocycles. The summed E-state index contributed by atoms with van der Waals surface area (Å²) < 4.78 is 10.0. The zero-order valence-corrected chi connectivity index (χ0v) is 16.4. The van der Waals surface area contributed by atoms with E-state index in [0.717, 1.165) is 46.6 Å². The molecule has 2 saturated heterocycles. The highest BCUT2D eigenvalue weighted by Gasteiger charge is 2.41. The van der Waals surface area contributed by atoms with E-state index < -0.39 is 23.2 Å². The molecule has 0 aromatic heterocycles. The molecule has 0 bridgehead atoms. The van der Waals surface area contributed by atoms with Gasteiger partial charge in [-0.3, -0.25) is 14.5 Å².